The molecule has 0 aliphatic carbocycles. The van der Waals surface area contributed by atoms with E-state index >= 15 is 0 Å². The van der Waals surface area contributed by atoms with E-state index in [0.717, 1.165) is 26.5 Å². The minimum atomic E-state index is -0.381. The molecular weight excluding hydrogens is 462 g/mol. The molecule has 0 unspecified atom stereocenters. The molecule has 158 valence electrons. The van der Waals surface area contributed by atoms with E-state index in [1.807, 2.05) is 73.8 Å². The number of benzene rings is 3. The van der Waals surface area contributed by atoms with Crippen LogP contribution in [0.15, 0.2) is 95.1 Å². The van der Waals surface area contributed by atoms with E-state index < -0.39 is 0 Å². The number of halogens is 1. The number of carbonyl (C=O) groups is 1. The summed E-state index contributed by atoms with van der Waals surface area (Å²) in [7, 11) is 0. The number of hydrogen-bond donors (Lipinski definition) is 1. The van der Waals surface area contributed by atoms with Gasteiger partial charge in [0.25, 0.3) is 5.91 Å². The van der Waals surface area contributed by atoms with Crippen molar-refractivity contribution >= 4 is 38.8 Å². The molecule has 1 aromatic heterocycles. The monoisotopic (exact) mass is 483 g/mol. The van der Waals surface area contributed by atoms with Crippen LogP contribution in [0.1, 0.15) is 29.7 Å². The Kier molecular flexibility index (Phi) is 6.53. The number of carbonyl (C=O) groups excluding carboxylic acids is 1. The Morgan fingerprint density at radius 1 is 1.06 bits per heavy atom. The SMILES string of the molecule is C[C@H](NC(=O)/C(C#N)=C/c1cn(Cc2ccc(Br)cc2)c2ccccc12)c1ccccc1. The average Bonchev–Trinajstić information content (AvgIpc) is 3.16. The van der Waals surface area contributed by atoms with Crippen LogP contribution in [-0.4, -0.2) is 10.5 Å². The zero-order valence-corrected chi connectivity index (χ0v) is 19.2. The van der Waals surface area contributed by atoms with E-state index in [1.54, 1.807) is 6.08 Å². The maximum absolute atomic E-state index is 12.8. The molecule has 0 spiro atoms. The molecule has 1 N–H and O–H groups in total. The Hall–Kier alpha value is -3.62. The molecule has 3 aromatic carbocycles. The first kappa shape index (κ1) is 21.6. The molecule has 1 amide bonds. The number of nitrogens with one attached hydrogen (secondary N) is 1. The molecule has 0 saturated heterocycles. The van der Waals surface area contributed by atoms with Gasteiger partial charge in [0.15, 0.2) is 0 Å². The summed E-state index contributed by atoms with van der Waals surface area (Å²) >= 11 is 3.47. The Labute approximate surface area is 195 Å². The minimum Gasteiger partial charge on any atom is -0.345 e. The zero-order valence-electron chi connectivity index (χ0n) is 17.6. The predicted octanol–water partition coefficient (Wildman–Crippen LogP) is 6.24. The second kappa shape index (κ2) is 9.67. The largest absolute Gasteiger partial charge is 0.345 e. The number of rotatable bonds is 6. The van der Waals surface area contributed by atoms with Gasteiger partial charge in [-0.05, 0) is 42.3 Å². The van der Waals surface area contributed by atoms with Crippen LogP contribution in [0.25, 0.3) is 17.0 Å². The lowest BCUT2D eigenvalue weighted by Gasteiger charge is -2.13. The number of nitriles is 1. The topological polar surface area (TPSA) is 57.8 Å². The molecule has 0 aliphatic rings. The van der Waals surface area contributed by atoms with Crippen molar-refractivity contribution in [3.05, 3.63) is 112 Å². The fourth-order valence-corrected chi connectivity index (χ4v) is 3.98. The molecule has 5 heteroatoms. The first-order chi connectivity index (χ1) is 15.5. The van der Waals surface area contributed by atoms with E-state index in [1.165, 1.54) is 5.56 Å². The van der Waals surface area contributed by atoms with Crippen LogP contribution in [0, 0.1) is 11.3 Å². The van der Waals surface area contributed by atoms with Crippen molar-refractivity contribution in [2.24, 2.45) is 0 Å². The van der Waals surface area contributed by atoms with Gasteiger partial charge in [0, 0.05) is 33.7 Å². The summed E-state index contributed by atoms with van der Waals surface area (Å²) in [6.07, 6.45) is 3.67. The lowest BCUT2D eigenvalue weighted by molar-refractivity contribution is -0.117. The Morgan fingerprint density at radius 3 is 2.47 bits per heavy atom. The molecule has 0 bridgehead atoms. The predicted molar refractivity (Wildman–Crippen MR) is 132 cm³/mol. The highest BCUT2D eigenvalue weighted by molar-refractivity contribution is 9.10. The number of aromatic nitrogens is 1. The lowest BCUT2D eigenvalue weighted by Crippen LogP contribution is -2.27. The molecule has 1 heterocycles. The van der Waals surface area contributed by atoms with Gasteiger partial charge in [-0.3, -0.25) is 4.79 Å². The molecule has 0 fully saturated rings. The Morgan fingerprint density at radius 2 is 1.75 bits per heavy atom. The quantitative estimate of drug-likeness (QED) is 0.260. The molecule has 4 rings (SSSR count). The summed E-state index contributed by atoms with van der Waals surface area (Å²) in [5.41, 5.74) is 4.14. The van der Waals surface area contributed by atoms with Crippen molar-refractivity contribution in [3.63, 3.8) is 0 Å². The van der Waals surface area contributed by atoms with Gasteiger partial charge >= 0.3 is 0 Å². The minimum absolute atomic E-state index is 0.0827. The highest BCUT2D eigenvalue weighted by Crippen LogP contribution is 2.25. The van der Waals surface area contributed by atoms with E-state index in [4.69, 9.17) is 0 Å². The first-order valence-corrected chi connectivity index (χ1v) is 11.1. The molecule has 0 radical (unpaired) electrons. The van der Waals surface area contributed by atoms with Gasteiger partial charge in [-0.25, -0.2) is 0 Å². The van der Waals surface area contributed by atoms with Gasteiger partial charge in [0.05, 0.1) is 6.04 Å². The fourth-order valence-electron chi connectivity index (χ4n) is 3.71. The third kappa shape index (κ3) is 4.82. The smallest absolute Gasteiger partial charge is 0.262 e. The van der Waals surface area contributed by atoms with Crippen molar-refractivity contribution in [1.29, 1.82) is 5.26 Å². The number of amides is 1. The van der Waals surface area contributed by atoms with Gasteiger partial charge < -0.3 is 9.88 Å². The van der Waals surface area contributed by atoms with Crippen molar-refractivity contribution < 1.29 is 4.79 Å². The van der Waals surface area contributed by atoms with Crippen molar-refractivity contribution in [2.45, 2.75) is 19.5 Å². The number of para-hydroxylation sites is 1. The molecular formula is C27H22BrN3O. The highest BCUT2D eigenvalue weighted by atomic mass is 79.9. The maximum atomic E-state index is 12.8. The molecule has 0 saturated carbocycles. The van der Waals surface area contributed by atoms with E-state index in [9.17, 15) is 10.1 Å². The van der Waals surface area contributed by atoms with Gasteiger partial charge in [0.2, 0.25) is 0 Å². The number of nitrogens with zero attached hydrogens (tertiary/aromatic N) is 2. The van der Waals surface area contributed by atoms with E-state index in [2.05, 4.69) is 50.1 Å². The van der Waals surface area contributed by atoms with E-state index in [-0.39, 0.29) is 17.5 Å². The van der Waals surface area contributed by atoms with Crippen LogP contribution in [0.4, 0.5) is 0 Å². The van der Waals surface area contributed by atoms with Crippen LogP contribution in [0.5, 0.6) is 0 Å². The van der Waals surface area contributed by atoms with Gasteiger partial charge in [-0.15, -0.1) is 0 Å². The normalized spacial score (nSPS) is 12.3. The van der Waals surface area contributed by atoms with Crippen LogP contribution < -0.4 is 5.32 Å². The molecule has 32 heavy (non-hydrogen) atoms. The highest BCUT2D eigenvalue weighted by Gasteiger charge is 2.15. The van der Waals surface area contributed by atoms with Crippen LogP contribution in [0.3, 0.4) is 0 Å². The zero-order chi connectivity index (χ0) is 22.5. The summed E-state index contributed by atoms with van der Waals surface area (Å²) in [5.74, 6) is -0.381. The van der Waals surface area contributed by atoms with E-state index in [0.29, 0.717) is 6.54 Å². The second-order valence-electron chi connectivity index (χ2n) is 7.63. The molecule has 1 atom stereocenters. The van der Waals surface area contributed by atoms with Crippen molar-refractivity contribution in [1.82, 2.24) is 9.88 Å². The van der Waals surface area contributed by atoms with Gasteiger partial charge in [0.1, 0.15) is 11.6 Å². The third-order valence-corrected chi connectivity index (χ3v) is 5.93. The van der Waals surface area contributed by atoms with Gasteiger partial charge in [-0.1, -0.05) is 76.6 Å². The maximum Gasteiger partial charge on any atom is 0.262 e. The van der Waals surface area contributed by atoms with Crippen molar-refractivity contribution in [2.75, 3.05) is 0 Å². The Bertz CT molecular complexity index is 1310. The van der Waals surface area contributed by atoms with Crippen molar-refractivity contribution in [3.8, 4) is 6.07 Å². The fraction of sp³-hybridized carbons (Fsp3) is 0.111. The van der Waals surface area contributed by atoms with Crippen LogP contribution in [0.2, 0.25) is 0 Å². The number of hydrogen-bond acceptors (Lipinski definition) is 2. The number of fused-ring (bicyclic) bond motifs is 1. The average molecular weight is 484 g/mol. The lowest BCUT2D eigenvalue weighted by atomic mass is 10.1. The molecule has 4 nitrogen and oxygen atoms in total. The van der Waals surface area contributed by atoms with Crippen LogP contribution >= 0.6 is 15.9 Å². The summed E-state index contributed by atoms with van der Waals surface area (Å²) in [4.78, 5) is 12.8. The van der Waals surface area contributed by atoms with Crippen LogP contribution in [-0.2, 0) is 11.3 Å². The summed E-state index contributed by atoms with van der Waals surface area (Å²) < 4.78 is 3.18. The first-order valence-electron chi connectivity index (χ1n) is 10.3. The summed E-state index contributed by atoms with van der Waals surface area (Å²) in [5, 5.41) is 13.6. The summed E-state index contributed by atoms with van der Waals surface area (Å²) in [6, 6.07) is 27.8. The molecule has 0 aliphatic heterocycles. The third-order valence-electron chi connectivity index (χ3n) is 5.40. The second-order valence-corrected chi connectivity index (χ2v) is 8.55. The molecule has 4 aromatic rings. The van der Waals surface area contributed by atoms with Gasteiger partial charge in [-0.2, -0.15) is 5.26 Å². The summed E-state index contributed by atoms with van der Waals surface area (Å²) in [6.45, 7) is 2.60. The Balaban J connectivity index is 1.63. The standard InChI is InChI=1S/C27H22BrN3O/c1-19(21-7-3-2-4-8-21)30-27(32)22(16-29)15-23-18-31(26-10-6-5-9-25(23)26)17-20-11-13-24(28)14-12-20/h2-15,18-19H,17H2,1H3,(H,30,32)/b22-15+/t19-/m0/s1.